The average Bonchev–Trinajstić information content (AvgIpc) is 2.68. The molecule has 1 unspecified atom stereocenters. The molecule has 0 bridgehead atoms. The highest BCUT2D eigenvalue weighted by Crippen LogP contribution is 2.25. The number of piperidine rings is 1. The molecule has 0 aromatic carbocycles. The van der Waals surface area contributed by atoms with Gasteiger partial charge in [0, 0.05) is 18.7 Å². The quantitative estimate of drug-likeness (QED) is 0.696. The Kier molecular flexibility index (Phi) is 3.79. The number of nitrogens with zero attached hydrogens (tertiary/aromatic N) is 1. The molecule has 0 amide bonds. The maximum absolute atomic E-state index is 9.00. The lowest BCUT2D eigenvalue weighted by Crippen LogP contribution is -2.45. The van der Waals surface area contributed by atoms with E-state index in [4.69, 9.17) is 5.11 Å². The van der Waals surface area contributed by atoms with Gasteiger partial charge < -0.3 is 10.4 Å². The first-order valence-electron chi connectivity index (χ1n) is 5.99. The van der Waals surface area contributed by atoms with Gasteiger partial charge in [0.15, 0.2) is 0 Å². The van der Waals surface area contributed by atoms with Crippen LogP contribution < -0.4 is 5.32 Å². The summed E-state index contributed by atoms with van der Waals surface area (Å²) < 4.78 is 0. The van der Waals surface area contributed by atoms with Crippen LogP contribution in [0.4, 0.5) is 0 Å². The van der Waals surface area contributed by atoms with Gasteiger partial charge in [-0.15, -0.1) is 0 Å². The van der Waals surface area contributed by atoms with Gasteiger partial charge in [-0.1, -0.05) is 0 Å². The first-order valence-corrected chi connectivity index (χ1v) is 5.99. The first kappa shape index (κ1) is 10.4. The van der Waals surface area contributed by atoms with Gasteiger partial charge in [-0.25, -0.2) is 0 Å². The summed E-state index contributed by atoms with van der Waals surface area (Å²) in [5.41, 5.74) is 0. The summed E-state index contributed by atoms with van der Waals surface area (Å²) in [6.07, 6.45) is 6.19. The van der Waals surface area contributed by atoms with Crippen molar-refractivity contribution in [3.05, 3.63) is 0 Å². The summed E-state index contributed by atoms with van der Waals surface area (Å²) >= 11 is 0. The van der Waals surface area contributed by atoms with Crippen LogP contribution in [0, 0.1) is 0 Å². The highest BCUT2D eigenvalue weighted by molar-refractivity contribution is 4.87. The standard InChI is InChI=1S/C11H22N2O/c14-9-5-10-2-1-8-13(10)11-3-6-12-7-4-11/h10-12,14H,1-9H2. The van der Waals surface area contributed by atoms with E-state index in [2.05, 4.69) is 10.2 Å². The molecule has 2 fully saturated rings. The second-order valence-electron chi connectivity index (χ2n) is 4.53. The van der Waals surface area contributed by atoms with Crippen LogP contribution in [-0.2, 0) is 0 Å². The highest BCUT2D eigenvalue weighted by Gasteiger charge is 2.30. The molecule has 0 spiro atoms. The second kappa shape index (κ2) is 5.10. The van der Waals surface area contributed by atoms with Gasteiger partial charge in [0.2, 0.25) is 0 Å². The predicted octanol–water partition coefficient (Wildman–Crippen LogP) is 0.585. The SMILES string of the molecule is OCCC1CCCN1C1CCNCC1. The van der Waals surface area contributed by atoms with E-state index in [1.54, 1.807) is 0 Å². The number of nitrogens with one attached hydrogen (secondary N) is 1. The highest BCUT2D eigenvalue weighted by atomic mass is 16.3. The molecule has 1 atom stereocenters. The Morgan fingerprint density at radius 2 is 2.00 bits per heavy atom. The van der Waals surface area contributed by atoms with E-state index < -0.39 is 0 Å². The lowest BCUT2D eigenvalue weighted by molar-refractivity contribution is 0.126. The largest absolute Gasteiger partial charge is 0.396 e. The van der Waals surface area contributed by atoms with Crippen molar-refractivity contribution < 1.29 is 5.11 Å². The third kappa shape index (κ3) is 2.27. The van der Waals surface area contributed by atoms with E-state index >= 15 is 0 Å². The Labute approximate surface area is 86.5 Å². The number of aliphatic hydroxyl groups excluding tert-OH is 1. The number of aliphatic hydroxyl groups is 1. The predicted molar refractivity (Wildman–Crippen MR) is 57.3 cm³/mol. The van der Waals surface area contributed by atoms with Crippen LogP contribution >= 0.6 is 0 Å². The molecule has 2 saturated heterocycles. The Balaban J connectivity index is 1.87. The van der Waals surface area contributed by atoms with E-state index in [-0.39, 0.29) is 0 Å². The van der Waals surface area contributed by atoms with E-state index in [9.17, 15) is 0 Å². The zero-order chi connectivity index (χ0) is 9.80. The zero-order valence-electron chi connectivity index (χ0n) is 8.91. The minimum absolute atomic E-state index is 0.353. The third-order valence-electron chi connectivity index (χ3n) is 3.66. The molecule has 2 heterocycles. The molecule has 0 aromatic heterocycles. The van der Waals surface area contributed by atoms with E-state index in [0.29, 0.717) is 12.6 Å². The van der Waals surface area contributed by atoms with Gasteiger partial charge in [-0.3, -0.25) is 4.90 Å². The number of rotatable bonds is 3. The van der Waals surface area contributed by atoms with E-state index in [0.717, 1.165) is 12.5 Å². The molecule has 3 heteroatoms. The maximum atomic E-state index is 9.00. The second-order valence-corrected chi connectivity index (χ2v) is 4.53. The van der Waals surface area contributed by atoms with E-state index in [1.165, 1.54) is 45.3 Å². The first-order chi connectivity index (χ1) is 6.92. The summed E-state index contributed by atoms with van der Waals surface area (Å²) in [6.45, 7) is 3.96. The van der Waals surface area contributed by atoms with Crippen LogP contribution in [0.15, 0.2) is 0 Å². The molecule has 0 aliphatic carbocycles. The minimum atomic E-state index is 0.353. The van der Waals surface area contributed by atoms with Gasteiger partial charge >= 0.3 is 0 Å². The van der Waals surface area contributed by atoms with Crippen molar-refractivity contribution in [2.75, 3.05) is 26.2 Å². The number of likely N-dealkylation sites (tertiary alicyclic amines) is 1. The summed E-state index contributed by atoms with van der Waals surface area (Å²) in [6, 6.07) is 1.46. The molecule has 2 N–H and O–H groups in total. The summed E-state index contributed by atoms with van der Waals surface area (Å²) in [7, 11) is 0. The molecular weight excluding hydrogens is 176 g/mol. The van der Waals surface area contributed by atoms with Crippen molar-refractivity contribution in [2.45, 2.75) is 44.2 Å². The topological polar surface area (TPSA) is 35.5 Å². The molecule has 2 aliphatic heterocycles. The summed E-state index contributed by atoms with van der Waals surface area (Å²) in [4.78, 5) is 2.65. The Hall–Kier alpha value is -0.120. The van der Waals surface area contributed by atoms with Crippen molar-refractivity contribution in [3.8, 4) is 0 Å². The smallest absolute Gasteiger partial charge is 0.0445 e. The fraction of sp³-hybridized carbons (Fsp3) is 1.00. The summed E-state index contributed by atoms with van der Waals surface area (Å²) in [5, 5.41) is 12.4. The molecular formula is C11H22N2O. The van der Waals surface area contributed by atoms with Crippen LogP contribution in [0.25, 0.3) is 0 Å². The van der Waals surface area contributed by atoms with Crippen LogP contribution in [0.2, 0.25) is 0 Å². The van der Waals surface area contributed by atoms with Crippen molar-refractivity contribution >= 4 is 0 Å². The van der Waals surface area contributed by atoms with Gasteiger partial charge in [0.25, 0.3) is 0 Å². The van der Waals surface area contributed by atoms with Gasteiger partial charge in [0.05, 0.1) is 0 Å². The van der Waals surface area contributed by atoms with Gasteiger partial charge in [0.1, 0.15) is 0 Å². The number of hydrogen-bond acceptors (Lipinski definition) is 3. The molecule has 0 aromatic rings. The van der Waals surface area contributed by atoms with Gasteiger partial charge in [-0.05, 0) is 51.7 Å². The Bertz CT molecular complexity index is 169. The molecule has 0 radical (unpaired) electrons. The fourth-order valence-corrected chi connectivity index (χ4v) is 2.94. The monoisotopic (exact) mass is 198 g/mol. The molecule has 14 heavy (non-hydrogen) atoms. The van der Waals surface area contributed by atoms with Crippen molar-refractivity contribution in [2.24, 2.45) is 0 Å². The third-order valence-corrected chi connectivity index (χ3v) is 3.66. The van der Waals surface area contributed by atoms with Crippen LogP contribution in [0.5, 0.6) is 0 Å². The Morgan fingerprint density at radius 1 is 1.21 bits per heavy atom. The summed E-state index contributed by atoms with van der Waals surface area (Å²) in [5.74, 6) is 0. The zero-order valence-corrected chi connectivity index (χ0v) is 8.91. The lowest BCUT2D eigenvalue weighted by Gasteiger charge is -2.35. The van der Waals surface area contributed by atoms with Crippen LogP contribution in [-0.4, -0.2) is 48.3 Å². The number of hydrogen-bond donors (Lipinski definition) is 2. The lowest BCUT2D eigenvalue weighted by atomic mass is 10.0. The maximum Gasteiger partial charge on any atom is 0.0445 e. The molecule has 2 aliphatic rings. The van der Waals surface area contributed by atoms with E-state index in [1.807, 2.05) is 0 Å². The minimum Gasteiger partial charge on any atom is -0.396 e. The Morgan fingerprint density at radius 3 is 2.71 bits per heavy atom. The normalized spacial score (nSPS) is 31.1. The molecule has 3 nitrogen and oxygen atoms in total. The molecule has 2 rings (SSSR count). The average molecular weight is 198 g/mol. The molecule has 0 saturated carbocycles. The van der Waals surface area contributed by atoms with Crippen molar-refractivity contribution in [3.63, 3.8) is 0 Å². The fourth-order valence-electron chi connectivity index (χ4n) is 2.94. The molecule has 82 valence electrons. The van der Waals surface area contributed by atoms with Crippen LogP contribution in [0.1, 0.15) is 32.1 Å². The van der Waals surface area contributed by atoms with Gasteiger partial charge in [-0.2, -0.15) is 0 Å². The van der Waals surface area contributed by atoms with Crippen molar-refractivity contribution in [1.29, 1.82) is 0 Å². The van der Waals surface area contributed by atoms with Crippen molar-refractivity contribution in [1.82, 2.24) is 10.2 Å². The van der Waals surface area contributed by atoms with Crippen LogP contribution in [0.3, 0.4) is 0 Å².